The van der Waals surface area contributed by atoms with Gasteiger partial charge >= 0.3 is 0 Å². The van der Waals surface area contributed by atoms with Crippen molar-refractivity contribution < 1.29 is 8.42 Å². The number of halogens is 2. The van der Waals surface area contributed by atoms with Gasteiger partial charge in [-0.2, -0.15) is 13.5 Å². The second-order valence-corrected chi connectivity index (χ2v) is 6.07. The molecule has 0 aliphatic rings. The first kappa shape index (κ1) is 13.2. The zero-order valence-electron chi connectivity index (χ0n) is 9.24. The molecule has 0 saturated heterocycles. The molecular weight excluding hydrogens is 297 g/mol. The summed E-state index contributed by atoms with van der Waals surface area (Å²) in [5.74, 6) is 0. The van der Waals surface area contributed by atoms with Gasteiger partial charge in [0.25, 0.3) is 10.0 Å². The van der Waals surface area contributed by atoms with Crippen molar-refractivity contribution in [1.82, 2.24) is 10.2 Å². The predicted octanol–water partition coefficient (Wildman–Crippen LogP) is 2.83. The fourth-order valence-electron chi connectivity index (χ4n) is 1.32. The fourth-order valence-corrected chi connectivity index (χ4v) is 2.78. The van der Waals surface area contributed by atoms with Crippen LogP contribution >= 0.6 is 23.2 Å². The van der Waals surface area contributed by atoms with E-state index in [2.05, 4.69) is 14.9 Å². The van der Waals surface area contributed by atoms with Crippen LogP contribution in [0.1, 0.15) is 5.56 Å². The molecule has 2 aromatic rings. The van der Waals surface area contributed by atoms with Gasteiger partial charge in [0, 0.05) is 5.02 Å². The summed E-state index contributed by atoms with van der Waals surface area (Å²) < 4.78 is 26.2. The highest BCUT2D eigenvalue weighted by Gasteiger charge is 2.17. The molecule has 5 nitrogen and oxygen atoms in total. The number of nitrogens with one attached hydrogen (secondary N) is 2. The van der Waals surface area contributed by atoms with E-state index >= 15 is 0 Å². The maximum Gasteiger partial charge on any atom is 0.278 e. The first-order chi connectivity index (χ1) is 8.40. The molecule has 1 aromatic heterocycles. The van der Waals surface area contributed by atoms with Gasteiger partial charge in [-0.15, -0.1) is 0 Å². The van der Waals surface area contributed by atoms with Crippen LogP contribution < -0.4 is 4.72 Å². The molecule has 0 atom stereocenters. The Kier molecular flexibility index (Phi) is 3.52. The van der Waals surface area contributed by atoms with E-state index in [4.69, 9.17) is 23.2 Å². The fraction of sp³-hybridized carbons (Fsp3) is 0.100. The number of hydrogen-bond donors (Lipinski definition) is 2. The Bertz CT molecular complexity index is 669. The molecule has 0 radical (unpaired) electrons. The van der Waals surface area contributed by atoms with Crippen LogP contribution in [-0.2, 0) is 10.0 Å². The summed E-state index contributed by atoms with van der Waals surface area (Å²) >= 11 is 11.9. The highest BCUT2D eigenvalue weighted by Crippen LogP contribution is 2.30. The van der Waals surface area contributed by atoms with E-state index in [0.717, 1.165) is 5.56 Å². The molecule has 0 spiro atoms. The van der Waals surface area contributed by atoms with Crippen LogP contribution in [0.2, 0.25) is 10.0 Å². The molecule has 8 heteroatoms. The number of nitrogens with zero attached hydrogens (tertiary/aromatic N) is 1. The quantitative estimate of drug-likeness (QED) is 0.915. The number of sulfonamides is 1. The van der Waals surface area contributed by atoms with Crippen molar-refractivity contribution in [3.05, 3.63) is 40.0 Å². The second-order valence-electron chi connectivity index (χ2n) is 3.61. The molecule has 0 bridgehead atoms. The van der Waals surface area contributed by atoms with Crippen molar-refractivity contribution in [2.45, 2.75) is 11.9 Å². The van der Waals surface area contributed by atoms with Gasteiger partial charge < -0.3 is 0 Å². The molecular formula is C10H9Cl2N3O2S. The maximum absolute atomic E-state index is 11.9. The molecule has 0 amide bonds. The van der Waals surface area contributed by atoms with Crippen LogP contribution in [0.25, 0.3) is 0 Å². The number of aromatic nitrogens is 2. The number of H-pyrrole nitrogens is 1. The Morgan fingerprint density at radius 3 is 2.61 bits per heavy atom. The number of benzene rings is 1. The van der Waals surface area contributed by atoms with E-state index in [9.17, 15) is 8.42 Å². The SMILES string of the molecule is Cc1cc(Cl)c(NS(=O)(=O)c2ccn[nH]2)cc1Cl. The summed E-state index contributed by atoms with van der Waals surface area (Å²) in [6.45, 7) is 1.78. The average molecular weight is 306 g/mol. The summed E-state index contributed by atoms with van der Waals surface area (Å²) in [7, 11) is -3.73. The monoisotopic (exact) mass is 305 g/mol. The number of anilines is 1. The molecule has 1 aromatic carbocycles. The first-order valence-corrected chi connectivity index (χ1v) is 7.12. The minimum absolute atomic E-state index is 0.0461. The Balaban J connectivity index is 2.39. The van der Waals surface area contributed by atoms with Crippen molar-refractivity contribution in [2.75, 3.05) is 4.72 Å². The minimum atomic E-state index is -3.73. The molecule has 96 valence electrons. The zero-order valence-corrected chi connectivity index (χ0v) is 11.6. The first-order valence-electron chi connectivity index (χ1n) is 4.88. The lowest BCUT2D eigenvalue weighted by Gasteiger charge is -2.09. The minimum Gasteiger partial charge on any atom is -0.277 e. The highest BCUT2D eigenvalue weighted by atomic mass is 35.5. The number of rotatable bonds is 3. The Labute approximate surface area is 114 Å². The molecule has 0 aliphatic carbocycles. The Morgan fingerprint density at radius 2 is 2.00 bits per heavy atom. The van der Waals surface area contributed by atoms with Gasteiger partial charge in [-0.25, -0.2) is 0 Å². The van der Waals surface area contributed by atoms with Crippen molar-refractivity contribution in [2.24, 2.45) is 0 Å². The van der Waals surface area contributed by atoms with Crippen LogP contribution in [0.4, 0.5) is 5.69 Å². The van der Waals surface area contributed by atoms with Gasteiger partial charge in [0.2, 0.25) is 0 Å². The molecule has 2 rings (SSSR count). The third kappa shape index (κ3) is 2.60. The summed E-state index contributed by atoms with van der Waals surface area (Å²) in [4.78, 5) is 0. The van der Waals surface area contributed by atoms with Crippen LogP contribution in [0, 0.1) is 6.92 Å². The molecule has 2 N–H and O–H groups in total. The predicted molar refractivity (Wildman–Crippen MR) is 70.6 cm³/mol. The highest BCUT2D eigenvalue weighted by molar-refractivity contribution is 7.92. The lowest BCUT2D eigenvalue weighted by Crippen LogP contribution is -2.13. The molecule has 18 heavy (non-hydrogen) atoms. The van der Waals surface area contributed by atoms with Crippen molar-refractivity contribution in [3.8, 4) is 0 Å². The van der Waals surface area contributed by atoms with Crippen molar-refractivity contribution in [3.63, 3.8) is 0 Å². The van der Waals surface area contributed by atoms with Gasteiger partial charge in [-0.1, -0.05) is 23.2 Å². The summed E-state index contributed by atoms with van der Waals surface area (Å²) in [5.41, 5.74) is 0.994. The Hall–Kier alpha value is -1.24. The summed E-state index contributed by atoms with van der Waals surface area (Å²) in [6.07, 6.45) is 1.35. The van der Waals surface area contributed by atoms with Crippen LogP contribution in [0.15, 0.2) is 29.4 Å². The van der Waals surface area contributed by atoms with E-state index in [-0.39, 0.29) is 15.7 Å². The third-order valence-corrected chi connectivity index (χ3v) is 4.27. The number of aryl methyl sites for hydroxylation is 1. The second kappa shape index (κ2) is 4.79. The van der Waals surface area contributed by atoms with E-state index in [1.54, 1.807) is 13.0 Å². The van der Waals surface area contributed by atoms with Gasteiger partial charge in [-0.3, -0.25) is 9.82 Å². The third-order valence-electron chi connectivity index (χ3n) is 2.26. The van der Waals surface area contributed by atoms with Gasteiger partial charge in [0.1, 0.15) is 0 Å². The van der Waals surface area contributed by atoms with Gasteiger partial charge in [0.15, 0.2) is 5.03 Å². The van der Waals surface area contributed by atoms with Crippen LogP contribution in [0.5, 0.6) is 0 Å². The number of aromatic amines is 1. The van der Waals surface area contributed by atoms with Crippen molar-refractivity contribution in [1.29, 1.82) is 0 Å². The van der Waals surface area contributed by atoms with E-state index in [1.807, 2.05) is 0 Å². The number of hydrogen-bond acceptors (Lipinski definition) is 3. The smallest absolute Gasteiger partial charge is 0.277 e. The van der Waals surface area contributed by atoms with Crippen molar-refractivity contribution >= 4 is 38.9 Å². The average Bonchev–Trinajstić information content (AvgIpc) is 2.79. The van der Waals surface area contributed by atoms with Crippen LogP contribution in [0.3, 0.4) is 0 Å². The lowest BCUT2D eigenvalue weighted by atomic mass is 10.2. The van der Waals surface area contributed by atoms with E-state index < -0.39 is 10.0 Å². The molecule has 0 aliphatic heterocycles. The molecule has 1 heterocycles. The normalized spacial score (nSPS) is 11.5. The van der Waals surface area contributed by atoms with Crippen LogP contribution in [-0.4, -0.2) is 18.6 Å². The van der Waals surface area contributed by atoms with E-state index in [1.165, 1.54) is 18.3 Å². The lowest BCUT2D eigenvalue weighted by molar-refractivity contribution is 0.597. The standard InChI is InChI=1S/C10H9Cl2N3O2S/c1-6-4-8(12)9(5-7(6)11)15-18(16,17)10-2-3-13-14-10/h2-5,15H,1H3,(H,13,14). The largest absolute Gasteiger partial charge is 0.278 e. The topological polar surface area (TPSA) is 74.8 Å². The summed E-state index contributed by atoms with van der Waals surface area (Å²) in [5, 5.41) is 6.61. The van der Waals surface area contributed by atoms with Gasteiger partial charge in [0.05, 0.1) is 16.9 Å². The maximum atomic E-state index is 11.9. The summed E-state index contributed by atoms with van der Waals surface area (Å²) in [6, 6.07) is 4.40. The Morgan fingerprint density at radius 1 is 1.28 bits per heavy atom. The van der Waals surface area contributed by atoms with Gasteiger partial charge in [-0.05, 0) is 30.7 Å². The molecule has 0 unspecified atom stereocenters. The molecule has 0 saturated carbocycles. The van der Waals surface area contributed by atoms with E-state index in [0.29, 0.717) is 5.02 Å². The zero-order chi connectivity index (χ0) is 13.3. The molecule has 0 fully saturated rings.